The molecular weight excluding hydrogens is 290 g/mol. The summed E-state index contributed by atoms with van der Waals surface area (Å²) in [5.74, 6) is 0.157. The van der Waals surface area contributed by atoms with Crippen molar-refractivity contribution in [2.75, 3.05) is 27.9 Å². The van der Waals surface area contributed by atoms with Crippen LogP contribution < -0.4 is 19.5 Å². The van der Waals surface area contributed by atoms with E-state index in [-0.39, 0.29) is 18.2 Å². The van der Waals surface area contributed by atoms with Crippen LogP contribution in [-0.4, -0.2) is 45.9 Å². The Hall–Kier alpha value is -2.44. The van der Waals surface area contributed by atoms with Gasteiger partial charge in [-0.15, -0.1) is 0 Å². The van der Waals surface area contributed by atoms with Gasteiger partial charge >= 0.3 is 5.97 Å². The van der Waals surface area contributed by atoms with Gasteiger partial charge in [-0.25, -0.2) is 0 Å². The summed E-state index contributed by atoms with van der Waals surface area (Å²) in [5.41, 5.74) is 0.284. The van der Waals surface area contributed by atoms with E-state index in [2.05, 4.69) is 5.32 Å². The normalized spacial score (nSPS) is 10.1. The van der Waals surface area contributed by atoms with Crippen LogP contribution in [0, 0.1) is 0 Å². The van der Waals surface area contributed by atoms with Gasteiger partial charge in [0.25, 0.3) is 5.91 Å². The van der Waals surface area contributed by atoms with Crippen molar-refractivity contribution in [1.29, 1.82) is 0 Å². The number of methoxy groups -OCH3 is 3. The fraction of sp³-hybridized carbons (Fsp3) is 0.467. The molecular formula is C15H21NO6. The number of amides is 1. The molecule has 0 aliphatic carbocycles. The molecule has 1 rings (SSSR count). The van der Waals surface area contributed by atoms with Crippen LogP contribution in [0.25, 0.3) is 0 Å². The second-order valence-corrected chi connectivity index (χ2v) is 4.64. The lowest BCUT2D eigenvalue weighted by Crippen LogP contribution is -2.31. The minimum atomic E-state index is -0.504. The third-order valence-electron chi connectivity index (χ3n) is 2.69. The Balaban J connectivity index is 2.87. The molecule has 0 saturated heterocycles. The van der Waals surface area contributed by atoms with Gasteiger partial charge in [-0.1, -0.05) is 0 Å². The summed E-state index contributed by atoms with van der Waals surface area (Å²) in [5, 5.41) is 2.48. The highest BCUT2D eigenvalue weighted by atomic mass is 16.5. The Kier molecular flexibility index (Phi) is 6.49. The zero-order chi connectivity index (χ0) is 16.7. The number of carbonyl (C=O) groups is 2. The van der Waals surface area contributed by atoms with Gasteiger partial charge < -0.3 is 24.3 Å². The lowest BCUT2D eigenvalue weighted by atomic mass is 10.1. The molecule has 0 bridgehead atoms. The van der Waals surface area contributed by atoms with Crippen LogP contribution >= 0.6 is 0 Å². The fourth-order valence-corrected chi connectivity index (χ4v) is 1.77. The molecule has 0 aromatic heterocycles. The summed E-state index contributed by atoms with van der Waals surface area (Å²) in [6, 6.07) is 3.01. The molecule has 1 amide bonds. The van der Waals surface area contributed by atoms with E-state index in [1.807, 2.05) is 0 Å². The number of hydrogen-bond donors (Lipinski definition) is 1. The Labute approximate surface area is 129 Å². The second kappa shape index (κ2) is 8.11. The van der Waals surface area contributed by atoms with Crippen LogP contribution in [0.1, 0.15) is 24.2 Å². The lowest BCUT2D eigenvalue weighted by molar-refractivity contribution is -0.146. The van der Waals surface area contributed by atoms with E-state index in [9.17, 15) is 9.59 Å². The average molecular weight is 311 g/mol. The van der Waals surface area contributed by atoms with Crippen molar-refractivity contribution in [3.8, 4) is 17.2 Å². The number of benzene rings is 1. The number of nitrogens with one attached hydrogen (secondary N) is 1. The highest BCUT2D eigenvalue weighted by molar-refractivity contribution is 5.97. The van der Waals surface area contributed by atoms with Gasteiger partial charge in [0.2, 0.25) is 5.75 Å². The van der Waals surface area contributed by atoms with E-state index >= 15 is 0 Å². The van der Waals surface area contributed by atoms with Gasteiger partial charge in [0.15, 0.2) is 11.5 Å². The van der Waals surface area contributed by atoms with Crippen LogP contribution in [0.4, 0.5) is 0 Å². The van der Waals surface area contributed by atoms with E-state index in [4.69, 9.17) is 18.9 Å². The SMILES string of the molecule is COc1cc(C(=O)NCC(=O)OC(C)C)cc(OC)c1OC. The molecule has 0 radical (unpaired) electrons. The molecule has 0 fully saturated rings. The number of hydrogen-bond acceptors (Lipinski definition) is 6. The van der Waals surface area contributed by atoms with E-state index in [0.717, 1.165) is 0 Å². The standard InChI is InChI=1S/C15H21NO6/c1-9(2)22-13(17)8-16-15(18)10-6-11(19-3)14(21-5)12(7-10)20-4/h6-7,9H,8H2,1-5H3,(H,16,18). The summed E-state index contributed by atoms with van der Waals surface area (Å²) < 4.78 is 20.5. The number of carbonyl (C=O) groups excluding carboxylic acids is 2. The molecule has 0 atom stereocenters. The molecule has 0 unspecified atom stereocenters. The van der Waals surface area contributed by atoms with Crippen LogP contribution in [0.3, 0.4) is 0 Å². The molecule has 7 heteroatoms. The lowest BCUT2D eigenvalue weighted by Gasteiger charge is -2.14. The monoisotopic (exact) mass is 311 g/mol. The molecule has 0 aliphatic rings. The minimum absolute atomic E-state index is 0.215. The Morgan fingerprint density at radius 1 is 1.05 bits per heavy atom. The van der Waals surface area contributed by atoms with Crippen molar-refractivity contribution in [2.45, 2.75) is 20.0 Å². The molecule has 0 heterocycles. The zero-order valence-corrected chi connectivity index (χ0v) is 13.4. The third kappa shape index (κ3) is 4.54. The molecule has 0 saturated carbocycles. The van der Waals surface area contributed by atoms with Crippen molar-refractivity contribution in [3.63, 3.8) is 0 Å². The largest absolute Gasteiger partial charge is 0.493 e. The van der Waals surface area contributed by atoms with Gasteiger partial charge in [0.05, 0.1) is 27.4 Å². The van der Waals surface area contributed by atoms with Gasteiger partial charge in [-0.2, -0.15) is 0 Å². The first-order chi connectivity index (χ1) is 10.4. The van der Waals surface area contributed by atoms with E-state index in [0.29, 0.717) is 17.2 Å². The minimum Gasteiger partial charge on any atom is -0.493 e. The van der Waals surface area contributed by atoms with E-state index in [1.54, 1.807) is 13.8 Å². The molecule has 1 N–H and O–H groups in total. The Bertz CT molecular complexity index is 516. The van der Waals surface area contributed by atoms with Crippen molar-refractivity contribution >= 4 is 11.9 Å². The van der Waals surface area contributed by atoms with Crippen molar-refractivity contribution in [1.82, 2.24) is 5.32 Å². The summed E-state index contributed by atoms with van der Waals surface area (Å²) in [7, 11) is 4.39. The maximum absolute atomic E-state index is 12.1. The summed E-state index contributed by atoms with van der Waals surface area (Å²) in [6.45, 7) is 3.26. The Morgan fingerprint density at radius 3 is 2.00 bits per heavy atom. The molecule has 122 valence electrons. The van der Waals surface area contributed by atoms with Crippen molar-refractivity contribution in [2.24, 2.45) is 0 Å². The highest BCUT2D eigenvalue weighted by Crippen LogP contribution is 2.38. The fourth-order valence-electron chi connectivity index (χ4n) is 1.77. The molecule has 0 aliphatic heterocycles. The first-order valence-electron chi connectivity index (χ1n) is 6.70. The first kappa shape index (κ1) is 17.6. The van der Waals surface area contributed by atoms with E-state index < -0.39 is 11.9 Å². The van der Waals surface area contributed by atoms with Crippen LogP contribution in [0.5, 0.6) is 17.2 Å². The van der Waals surface area contributed by atoms with E-state index in [1.165, 1.54) is 33.5 Å². The predicted molar refractivity (Wildman–Crippen MR) is 79.7 cm³/mol. The smallest absolute Gasteiger partial charge is 0.325 e. The third-order valence-corrected chi connectivity index (χ3v) is 2.69. The van der Waals surface area contributed by atoms with Crippen molar-refractivity contribution in [3.05, 3.63) is 17.7 Å². The summed E-state index contributed by atoms with van der Waals surface area (Å²) >= 11 is 0. The topological polar surface area (TPSA) is 83.1 Å². The van der Waals surface area contributed by atoms with Crippen LogP contribution in [0.15, 0.2) is 12.1 Å². The number of rotatable bonds is 7. The molecule has 1 aromatic carbocycles. The van der Waals surface area contributed by atoms with Gasteiger partial charge in [-0.3, -0.25) is 9.59 Å². The maximum Gasteiger partial charge on any atom is 0.325 e. The van der Waals surface area contributed by atoms with Gasteiger partial charge in [-0.05, 0) is 26.0 Å². The quantitative estimate of drug-likeness (QED) is 0.766. The highest BCUT2D eigenvalue weighted by Gasteiger charge is 2.17. The van der Waals surface area contributed by atoms with Crippen molar-refractivity contribution < 1.29 is 28.5 Å². The van der Waals surface area contributed by atoms with Gasteiger partial charge in [0, 0.05) is 5.56 Å². The second-order valence-electron chi connectivity index (χ2n) is 4.64. The molecule has 7 nitrogen and oxygen atoms in total. The summed E-state index contributed by atoms with van der Waals surface area (Å²) in [6.07, 6.45) is -0.231. The number of ether oxygens (including phenoxy) is 4. The first-order valence-corrected chi connectivity index (χ1v) is 6.70. The zero-order valence-electron chi connectivity index (χ0n) is 13.4. The molecule has 0 spiro atoms. The van der Waals surface area contributed by atoms with Crippen LogP contribution in [-0.2, 0) is 9.53 Å². The average Bonchev–Trinajstić information content (AvgIpc) is 2.50. The maximum atomic E-state index is 12.1. The summed E-state index contributed by atoms with van der Waals surface area (Å²) in [4.78, 5) is 23.5. The van der Waals surface area contributed by atoms with Gasteiger partial charge in [0.1, 0.15) is 6.54 Å². The predicted octanol–water partition coefficient (Wildman–Crippen LogP) is 1.39. The molecule has 1 aromatic rings. The Morgan fingerprint density at radius 2 is 1.59 bits per heavy atom. The van der Waals surface area contributed by atoms with Crippen LogP contribution in [0.2, 0.25) is 0 Å². The number of esters is 1. The molecule has 22 heavy (non-hydrogen) atoms.